The van der Waals surface area contributed by atoms with E-state index in [2.05, 4.69) is 534 Å². The number of benzene rings is 26. The molecule has 30 aromatic rings. The maximum absolute atomic E-state index is 5.70. The molecule has 4 aromatic heterocycles. The maximum Gasteiger partial charge on any atom is 0.0794 e. The van der Waals surface area contributed by atoms with Gasteiger partial charge < -0.3 is 0 Å². The minimum Gasteiger partial charge on any atom is -0.248 e. The Kier molecular flexibility index (Phi) is 20.3. The molecule has 0 spiro atoms. The molecule has 0 aliphatic rings. The summed E-state index contributed by atoms with van der Waals surface area (Å²) >= 11 is 0. The monoisotopic (exact) mass is 1870 g/mol. The largest absolute Gasteiger partial charge is 0.248 e. The second-order valence-electron chi connectivity index (χ2n) is 39.1. The van der Waals surface area contributed by atoms with Crippen LogP contribution in [0.2, 0.25) is 0 Å². The highest BCUT2D eigenvalue weighted by atomic mass is 14.7. The summed E-state index contributed by atoms with van der Waals surface area (Å²) in [6.45, 7) is 0. The van der Waals surface area contributed by atoms with Crippen LogP contribution < -0.4 is 0 Å². The van der Waals surface area contributed by atoms with Gasteiger partial charge in [0.25, 0.3) is 0 Å². The zero-order chi connectivity index (χ0) is 97.4. The smallest absolute Gasteiger partial charge is 0.0794 e. The Labute approximate surface area is 854 Å². The molecule has 0 aliphatic carbocycles. The SMILES string of the molecule is c1ccc(-c2cc(-c3ccc(-c4cc(-c5ccc6c7ccccc7c7ccccc7c6c5)nc5c4cc(-c4ccc6c7ccccc7c7ccccc7c6c4)c4ccccc45)cc3)cc(-c3ccccc3)n2)cc1.c1ccc(-c2cc(-c3ccccc3)nc(-c3ccc(-c4cc(-c5ccc6c7ccccc7c7ccccc7c6c5)nc5c4cc(-c4ccc6c7ccccc7c7ccccc7c6c4)c4ccccc45)cc3)c2)cc1. The molecule has 4 heterocycles. The summed E-state index contributed by atoms with van der Waals surface area (Å²) in [6, 6.07) is 195. The lowest BCUT2D eigenvalue weighted by molar-refractivity contribution is 1.32. The maximum atomic E-state index is 5.70. The van der Waals surface area contributed by atoms with Gasteiger partial charge in [-0.1, -0.05) is 461 Å². The van der Waals surface area contributed by atoms with Crippen molar-refractivity contribution in [2.75, 3.05) is 0 Å². The van der Waals surface area contributed by atoms with Crippen LogP contribution in [0.15, 0.2) is 534 Å². The Morgan fingerprint density at radius 3 is 0.534 bits per heavy atom. The van der Waals surface area contributed by atoms with Crippen LogP contribution in [0.5, 0.6) is 0 Å². The van der Waals surface area contributed by atoms with Gasteiger partial charge in [0, 0.05) is 54.9 Å². The van der Waals surface area contributed by atoms with Crippen LogP contribution in [0, 0.1) is 0 Å². The molecule has 0 N–H and O–H groups in total. The van der Waals surface area contributed by atoms with E-state index < -0.39 is 0 Å². The van der Waals surface area contributed by atoms with Crippen LogP contribution in [-0.2, 0) is 0 Å². The van der Waals surface area contributed by atoms with Gasteiger partial charge in [0.15, 0.2) is 0 Å². The first-order chi connectivity index (χ1) is 73.4. The van der Waals surface area contributed by atoms with Gasteiger partial charge in [0.2, 0.25) is 0 Å². The normalized spacial score (nSPS) is 11.8. The summed E-state index contributed by atoms with van der Waals surface area (Å²) in [4.78, 5) is 21.9. The van der Waals surface area contributed by atoms with Crippen LogP contribution in [0.3, 0.4) is 0 Å². The lowest BCUT2D eigenvalue weighted by atomic mass is 9.88. The summed E-state index contributed by atoms with van der Waals surface area (Å²) in [5.74, 6) is 0. The topological polar surface area (TPSA) is 51.6 Å². The average molecular weight is 1870 g/mol. The summed E-state index contributed by atoms with van der Waals surface area (Å²) in [5, 5.41) is 37.0. The highest BCUT2D eigenvalue weighted by Crippen LogP contribution is 2.50. The molecule has 30 rings (SSSR count). The molecule has 0 saturated carbocycles. The van der Waals surface area contributed by atoms with Gasteiger partial charge in [0.1, 0.15) is 0 Å². The minimum atomic E-state index is 0.929. The summed E-state index contributed by atoms with van der Waals surface area (Å²) < 4.78 is 0. The summed E-state index contributed by atoms with van der Waals surface area (Å²) in [7, 11) is 0. The van der Waals surface area contributed by atoms with Crippen molar-refractivity contribution >= 4 is 173 Å². The fourth-order valence-electron chi connectivity index (χ4n) is 23.7. The molecule has 4 heteroatoms. The Hall–Kier alpha value is -19.5. The predicted molar refractivity (Wildman–Crippen MR) is 629 cm³/mol. The molecular weight excluding hydrogens is 1790 g/mol. The number of pyridine rings is 4. The molecular formula is C144H88N4. The van der Waals surface area contributed by atoms with Gasteiger partial charge in [-0.15, -0.1) is 0 Å². The molecule has 148 heavy (non-hydrogen) atoms. The van der Waals surface area contributed by atoms with Gasteiger partial charge in [-0.25, -0.2) is 19.9 Å². The number of rotatable bonds is 12. The Balaban J connectivity index is 0.000000140. The Morgan fingerprint density at radius 2 is 0.257 bits per heavy atom. The third-order valence-electron chi connectivity index (χ3n) is 30.8. The van der Waals surface area contributed by atoms with Crippen LogP contribution in [0.25, 0.3) is 307 Å². The first-order valence-corrected chi connectivity index (χ1v) is 50.9. The summed E-state index contributed by atoms with van der Waals surface area (Å²) in [6.07, 6.45) is 0. The number of aromatic nitrogens is 4. The van der Waals surface area contributed by atoms with Crippen molar-refractivity contribution in [2.45, 2.75) is 0 Å². The van der Waals surface area contributed by atoms with E-state index >= 15 is 0 Å². The van der Waals surface area contributed by atoms with Crippen LogP contribution in [-0.4, -0.2) is 19.9 Å². The fourth-order valence-corrected chi connectivity index (χ4v) is 23.7. The fraction of sp³-hybridized carbons (Fsp3) is 0. The van der Waals surface area contributed by atoms with Crippen molar-refractivity contribution in [3.63, 3.8) is 0 Å². The van der Waals surface area contributed by atoms with Crippen molar-refractivity contribution in [1.29, 1.82) is 0 Å². The van der Waals surface area contributed by atoms with E-state index in [0.29, 0.717) is 0 Å². The van der Waals surface area contributed by atoms with Crippen molar-refractivity contribution in [1.82, 2.24) is 19.9 Å². The van der Waals surface area contributed by atoms with E-state index in [9.17, 15) is 0 Å². The van der Waals surface area contributed by atoms with Gasteiger partial charge in [-0.2, -0.15) is 0 Å². The molecule has 0 unspecified atom stereocenters. The van der Waals surface area contributed by atoms with E-state index in [1.807, 2.05) is 0 Å². The quantitative estimate of drug-likeness (QED) is 0.114. The average Bonchev–Trinajstić information content (AvgIpc) is 0.731. The minimum absolute atomic E-state index is 0.929. The van der Waals surface area contributed by atoms with E-state index in [4.69, 9.17) is 19.9 Å². The molecule has 0 amide bonds. The molecule has 0 radical (unpaired) electrons. The predicted octanol–water partition coefficient (Wildman–Crippen LogP) is 39.4. The lowest BCUT2D eigenvalue weighted by Crippen LogP contribution is -1.94. The van der Waals surface area contributed by atoms with Gasteiger partial charge in [-0.05, 0) is 280 Å². The zero-order valence-electron chi connectivity index (χ0n) is 80.6. The third-order valence-corrected chi connectivity index (χ3v) is 30.8. The van der Waals surface area contributed by atoms with E-state index in [0.717, 1.165) is 145 Å². The molecule has 0 saturated heterocycles. The van der Waals surface area contributed by atoms with Gasteiger partial charge in [0.05, 0.1) is 45.2 Å². The first kappa shape index (κ1) is 85.3. The molecule has 0 aliphatic heterocycles. The highest BCUT2D eigenvalue weighted by molar-refractivity contribution is 6.31. The van der Waals surface area contributed by atoms with E-state index in [-0.39, 0.29) is 0 Å². The second-order valence-corrected chi connectivity index (χ2v) is 39.1. The lowest BCUT2D eigenvalue weighted by Gasteiger charge is -2.17. The molecule has 0 bridgehead atoms. The van der Waals surface area contributed by atoms with Gasteiger partial charge >= 0.3 is 0 Å². The van der Waals surface area contributed by atoms with Crippen molar-refractivity contribution in [3.05, 3.63) is 534 Å². The number of nitrogens with zero attached hydrogens (tertiary/aromatic N) is 4. The second kappa shape index (κ2) is 35.3. The van der Waals surface area contributed by atoms with Crippen molar-refractivity contribution < 1.29 is 0 Å². The van der Waals surface area contributed by atoms with Crippen LogP contribution >= 0.6 is 0 Å². The number of hydrogen-bond donors (Lipinski definition) is 0. The molecule has 684 valence electrons. The van der Waals surface area contributed by atoms with E-state index in [1.165, 1.54) is 162 Å². The molecule has 26 aromatic carbocycles. The Morgan fingerprint density at radius 1 is 0.0811 bits per heavy atom. The molecule has 4 nitrogen and oxygen atoms in total. The van der Waals surface area contributed by atoms with E-state index in [1.54, 1.807) is 0 Å². The highest BCUT2D eigenvalue weighted by Gasteiger charge is 2.25. The van der Waals surface area contributed by atoms with Crippen LogP contribution in [0.1, 0.15) is 0 Å². The Bertz CT molecular complexity index is 9850. The summed E-state index contributed by atoms with van der Waals surface area (Å²) in [5.41, 5.74) is 27.8. The van der Waals surface area contributed by atoms with Gasteiger partial charge in [-0.3, -0.25) is 0 Å². The number of fused-ring (bicyclic) bond motifs is 30. The van der Waals surface area contributed by atoms with Crippen molar-refractivity contribution in [3.8, 4) is 134 Å². The van der Waals surface area contributed by atoms with Crippen LogP contribution in [0.4, 0.5) is 0 Å². The third kappa shape index (κ3) is 14.5. The standard InChI is InChI=1S/2C72H44N2/c1-3-17-47(18-4-1)69-41-51(42-70(73-69)48-19-5-2-6-20-48)45-31-33-46(34-32-45)65-44-71(50-36-38-62-57-26-10-8-22-53(57)55-24-12-14-28-59(55)67(62)40-50)74-72-63-30-16-15-29-60(63)64(43-68(65)72)49-35-37-61-56-25-9-7-21-52(56)54-23-11-13-27-58(54)66(61)39-49;1-3-17-45(18-4-1)51-41-69(47-19-5-2-6-20-47)73-70(42-51)48-33-31-46(32-34-48)65-44-71(50-36-38-62-57-26-10-8-22-53(57)55-24-12-14-28-59(55)67(62)40-50)74-72-63-30-16-15-29-60(63)64(43-68(65)72)49-35-37-61-56-25-9-7-21-52(56)54-23-11-13-27-58(54)66(61)39-49/h2*1-44H. The molecule has 0 fully saturated rings. The first-order valence-electron chi connectivity index (χ1n) is 50.9. The number of hydrogen-bond acceptors (Lipinski definition) is 4. The molecule has 0 atom stereocenters. The zero-order valence-corrected chi connectivity index (χ0v) is 80.6. The van der Waals surface area contributed by atoms with Crippen molar-refractivity contribution in [2.24, 2.45) is 0 Å².